The second kappa shape index (κ2) is 6.38. The zero-order valence-corrected chi connectivity index (χ0v) is 12.3. The van der Waals surface area contributed by atoms with Gasteiger partial charge in [-0.25, -0.2) is 0 Å². The smallest absolute Gasteiger partial charge is 0.175 e. The SMILES string of the molecule is Cc1c(Cl)cccc1NC(=S)Nc1ccc(C#N)cc1. The minimum Gasteiger partial charge on any atom is -0.332 e. The van der Waals surface area contributed by atoms with E-state index in [1.807, 2.05) is 25.1 Å². The number of thiocarbonyl (C=S) groups is 1. The molecular formula is C15H12ClN3S. The van der Waals surface area contributed by atoms with E-state index in [2.05, 4.69) is 16.7 Å². The summed E-state index contributed by atoms with van der Waals surface area (Å²) in [5.74, 6) is 0. The Labute approximate surface area is 128 Å². The Hall–Kier alpha value is -2.09. The third kappa shape index (κ3) is 3.47. The van der Waals surface area contributed by atoms with Gasteiger partial charge in [-0.05, 0) is 61.1 Å². The van der Waals surface area contributed by atoms with Gasteiger partial charge in [0.25, 0.3) is 0 Å². The van der Waals surface area contributed by atoms with Crippen LogP contribution in [0.15, 0.2) is 42.5 Å². The summed E-state index contributed by atoms with van der Waals surface area (Å²) in [6.45, 7) is 1.93. The molecule has 0 radical (unpaired) electrons. The van der Waals surface area contributed by atoms with Crippen molar-refractivity contribution in [2.24, 2.45) is 0 Å². The van der Waals surface area contributed by atoms with E-state index < -0.39 is 0 Å². The topological polar surface area (TPSA) is 47.8 Å². The van der Waals surface area contributed by atoms with Crippen LogP contribution in [0.2, 0.25) is 5.02 Å². The molecule has 0 saturated heterocycles. The molecule has 0 aliphatic heterocycles. The van der Waals surface area contributed by atoms with Crippen molar-refractivity contribution in [2.45, 2.75) is 6.92 Å². The van der Waals surface area contributed by atoms with Crippen LogP contribution in [0.4, 0.5) is 11.4 Å². The maximum atomic E-state index is 8.74. The second-order valence-corrected chi connectivity index (χ2v) is 5.00. The lowest BCUT2D eigenvalue weighted by molar-refractivity contribution is 1.45. The number of nitriles is 1. The van der Waals surface area contributed by atoms with E-state index in [1.165, 1.54) is 0 Å². The van der Waals surface area contributed by atoms with Gasteiger partial charge in [-0.3, -0.25) is 0 Å². The molecule has 0 aliphatic rings. The molecule has 20 heavy (non-hydrogen) atoms. The largest absolute Gasteiger partial charge is 0.332 e. The van der Waals surface area contributed by atoms with E-state index in [0.717, 1.165) is 16.9 Å². The Morgan fingerprint density at radius 3 is 2.50 bits per heavy atom. The first kappa shape index (κ1) is 14.3. The zero-order chi connectivity index (χ0) is 14.5. The number of rotatable bonds is 2. The lowest BCUT2D eigenvalue weighted by Crippen LogP contribution is -2.19. The molecule has 0 bridgehead atoms. The number of anilines is 2. The van der Waals surface area contributed by atoms with E-state index in [0.29, 0.717) is 15.7 Å². The molecule has 2 aromatic rings. The van der Waals surface area contributed by atoms with Crippen molar-refractivity contribution >= 4 is 40.3 Å². The first-order chi connectivity index (χ1) is 9.60. The second-order valence-electron chi connectivity index (χ2n) is 4.18. The number of halogens is 1. The van der Waals surface area contributed by atoms with Crippen molar-refractivity contribution < 1.29 is 0 Å². The highest BCUT2D eigenvalue weighted by molar-refractivity contribution is 7.80. The highest BCUT2D eigenvalue weighted by atomic mass is 35.5. The molecule has 3 nitrogen and oxygen atoms in total. The van der Waals surface area contributed by atoms with Crippen molar-refractivity contribution in [3.63, 3.8) is 0 Å². The van der Waals surface area contributed by atoms with Gasteiger partial charge in [0.2, 0.25) is 0 Å². The first-order valence-electron chi connectivity index (χ1n) is 5.93. The molecule has 0 saturated carbocycles. The monoisotopic (exact) mass is 301 g/mol. The third-order valence-corrected chi connectivity index (χ3v) is 3.40. The Balaban J connectivity index is 2.05. The fraction of sp³-hybridized carbons (Fsp3) is 0.0667. The van der Waals surface area contributed by atoms with Crippen molar-refractivity contribution in [2.75, 3.05) is 10.6 Å². The van der Waals surface area contributed by atoms with Gasteiger partial charge in [-0.1, -0.05) is 17.7 Å². The highest BCUT2D eigenvalue weighted by Crippen LogP contribution is 2.23. The average molecular weight is 302 g/mol. The third-order valence-electron chi connectivity index (χ3n) is 2.79. The van der Waals surface area contributed by atoms with Crippen molar-refractivity contribution in [1.82, 2.24) is 0 Å². The fourth-order valence-electron chi connectivity index (χ4n) is 1.66. The van der Waals surface area contributed by atoms with Crippen molar-refractivity contribution in [3.8, 4) is 6.07 Å². The van der Waals surface area contributed by atoms with Crippen LogP contribution in [-0.4, -0.2) is 5.11 Å². The average Bonchev–Trinajstić information content (AvgIpc) is 2.45. The molecule has 0 atom stereocenters. The van der Waals surface area contributed by atoms with Crippen molar-refractivity contribution in [3.05, 3.63) is 58.6 Å². The highest BCUT2D eigenvalue weighted by Gasteiger charge is 2.04. The fourth-order valence-corrected chi connectivity index (χ4v) is 2.06. The molecule has 0 spiro atoms. The summed E-state index contributed by atoms with van der Waals surface area (Å²) in [7, 11) is 0. The zero-order valence-electron chi connectivity index (χ0n) is 10.8. The first-order valence-corrected chi connectivity index (χ1v) is 6.72. The number of nitrogens with one attached hydrogen (secondary N) is 2. The summed E-state index contributed by atoms with van der Waals surface area (Å²) < 4.78 is 0. The summed E-state index contributed by atoms with van der Waals surface area (Å²) in [5.41, 5.74) is 3.24. The molecule has 0 amide bonds. The van der Waals surface area contributed by atoms with Crippen LogP contribution in [0, 0.1) is 18.3 Å². The summed E-state index contributed by atoms with van der Waals surface area (Å²) in [5, 5.41) is 16.1. The molecule has 0 aliphatic carbocycles. The van der Waals surface area contributed by atoms with Crippen LogP contribution in [0.1, 0.15) is 11.1 Å². The minimum atomic E-state index is 0.472. The molecule has 0 fully saturated rings. The summed E-state index contributed by atoms with van der Waals surface area (Å²) in [6.07, 6.45) is 0. The maximum absolute atomic E-state index is 8.74. The van der Waals surface area contributed by atoms with Gasteiger partial charge in [0, 0.05) is 16.4 Å². The normalized spacial score (nSPS) is 9.65. The van der Waals surface area contributed by atoms with Gasteiger partial charge in [0.15, 0.2) is 5.11 Å². The van der Waals surface area contributed by atoms with Gasteiger partial charge in [-0.15, -0.1) is 0 Å². The molecular weight excluding hydrogens is 290 g/mol. The Morgan fingerprint density at radius 1 is 1.15 bits per heavy atom. The molecule has 5 heteroatoms. The van der Waals surface area contributed by atoms with Gasteiger partial charge in [0.1, 0.15) is 0 Å². The molecule has 2 rings (SSSR count). The molecule has 100 valence electrons. The van der Waals surface area contributed by atoms with Crippen molar-refractivity contribution in [1.29, 1.82) is 5.26 Å². The predicted octanol–water partition coefficient (Wildman–Crippen LogP) is 4.33. The van der Waals surface area contributed by atoms with E-state index in [1.54, 1.807) is 24.3 Å². The Morgan fingerprint density at radius 2 is 1.85 bits per heavy atom. The van der Waals surface area contributed by atoms with E-state index in [-0.39, 0.29) is 0 Å². The lowest BCUT2D eigenvalue weighted by atomic mass is 10.2. The van der Waals surface area contributed by atoms with E-state index >= 15 is 0 Å². The van der Waals surface area contributed by atoms with Gasteiger partial charge in [0.05, 0.1) is 11.6 Å². The van der Waals surface area contributed by atoms with E-state index in [9.17, 15) is 0 Å². The molecule has 0 unspecified atom stereocenters. The molecule has 0 heterocycles. The van der Waals surface area contributed by atoms with Gasteiger partial charge < -0.3 is 10.6 Å². The van der Waals surface area contributed by atoms with Gasteiger partial charge in [-0.2, -0.15) is 5.26 Å². The Bertz CT molecular complexity index is 675. The van der Waals surface area contributed by atoms with Crippen LogP contribution in [0.5, 0.6) is 0 Å². The predicted molar refractivity (Wildman–Crippen MR) is 87.2 cm³/mol. The molecule has 2 aromatic carbocycles. The quantitative estimate of drug-likeness (QED) is 0.811. The van der Waals surface area contributed by atoms with Crippen LogP contribution in [0.3, 0.4) is 0 Å². The number of hydrogen-bond donors (Lipinski definition) is 2. The number of benzene rings is 2. The molecule has 0 aromatic heterocycles. The minimum absolute atomic E-state index is 0.472. The summed E-state index contributed by atoms with van der Waals surface area (Å²) in [6, 6.07) is 14.7. The van der Waals surface area contributed by atoms with Crippen LogP contribution in [-0.2, 0) is 0 Å². The molecule has 2 N–H and O–H groups in total. The number of hydrogen-bond acceptors (Lipinski definition) is 2. The van der Waals surface area contributed by atoms with E-state index in [4.69, 9.17) is 29.1 Å². The standard InChI is InChI=1S/C15H12ClN3S/c1-10-13(16)3-2-4-14(10)19-15(20)18-12-7-5-11(9-17)6-8-12/h2-8H,1H3,(H2,18,19,20). The van der Waals surface area contributed by atoms with Crippen LogP contribution < -0.4 is 10.6 Å². The van der Waals surface area contributed by atoms with Crippen LogP contribution >= 0.6 is 23.8 Å². The lowest BCUT2D eigenvalue weighted by Gasteiger charge is -2.13. The maximum Gasteiger partial charge on any atom is 0.175 e. The summed E-state index contributed by atoms with van der Waals surface area (Å²) in [4.78, 5) is 0. The Kier molecular flexibility index (Phi) is 4.57. The number of nitrogens with zero attached hydrogens (tertiary/aromatic N) is 1. The summed E-state index contributed by atoms with van der Waals surface area (Å²) >= 11 is 11.3. The van der Waals surface area contributed by atoms with Gasteiger partial charge >= 0.3 is 0 Å². The van der Waals surface area contributed by atoms with Crippen LogP contribution in [0.25, 0.3) is 0 Å².